The summed E-state index contributed by atoms with van der Waals surface area (Å²) in [5, 5.41) is 0.795. The van der Waals surface area contributed by atoms with Crippen LogP contribution in [-0.2, 0) is 5.75 Å². The van der Waals surface area contributed by atoms with Gasteiger partial charge in [0.1, 0.15) is 5.69 Å². The van der Waals surface area contributed by atoms with E-state index in [0.29, 0.717) is 0 Å². The smallest absolute Gasteiger partial charge is 0.309 e. The predicted molar refractivity (Wildman–Crippen MR) is 89.3 cm³/mol. The second-order valence-corrected chi connectivity index (χ2v) is 5.46. The molecule has 2 N–H and O–H groups in total. The van der Waals surface area contributed by atoms with Crippen LogP contribution in [0.2, 0.25) is 0 Å². The van der Waals surface area contributed by atoms with E-state index in [9.17, 15) is 0 Å². The quantitative estimate of drug-likeness (QED) is 0.514. The van der Waals surface area contributed by atoms with E-state index in [1.165, 1.54) is 5.56 Å². The maximum absolute atomic E-state index is 6.14. The summed E-state index contributed by atoms with van der Waals surface area (Å²) < 4.78 is 2.00. The molecule has 0 saturated heterocycles. The van der Waals surface area contributed by atoms with Gasteiger partial charge in [-0.2, -0.15) is 0 Å². The second-order valence-electron chi connectivity index (χ2n) is 4.47. The van der Waals surface area contributed by atoms with Crippen LogP contribution in [0.15, 0.2) is 61.2 Å². The van der Waals surface area contributed by atoms with Crippen molar-refractivity contribution in [2.24, 2.45) is 5.73 Å². The predicted octanol–water partition coefficient (Wildman–Crippen LogP) is 0.855. The molecule has 0 bridgehead atoms. The summed E-state index contributed by atoms with van der Waals surface area (Å²) >= 11 is 1.64. The first kappa shape index (κ1) is 17.3. The summed E-state index contributed by atoms with van der Waals surface area (Å²) in [4.78, 5) is 0. The summed E-state index contributed by atoms with van der Waals surface area (Å²) in [5.74, 6) is 0.862. The molecule has 2 rings (SSSR count). The largest absolute Gasteiger partial charge is 1.00 e. The lowest BCUT2D eigenvalue weighted by atomic mass is 10.1. The Labute approximate surface area is 136 Å². The molecule has 0 spiro atoms. The first-order chi connectivity index (χ1) is 9.70. The van der Waals surface area contributed by atoms with Crippen molar-refractivity contribution in [2.45, 2.75) is 5.75 Å². The van der Waals surface area contributed by atoms with Gasteiger partial charge in [0.15, 0.2) is 0 Å². The Balaban J connectivity index is 0.00000220. The van der Waals surface area contributed by atoms with Crippen molar-refractivity contribution in [3.8, 4) is 0 Å². The van der Waals surface area contributed by atoms with E-state index in [4.69, 9.17) is 5.73 Å². The number of amidine groups is 1. The molecule has 4 heteroatoms. The molecule has 0 radical (unpaired) electrons. The molecule has 0 aliphatic heterocycles. The second kappa shape index (κ2) is 8.55. The van der Waals surface area contributed by atoms with Crippen LogP contribution >= 0.6 is 11.8 Å². The molecule has 0 heterocycles. The van der Waals surface area contributed by atoms with E-state index >= 15 is 0 Å². The molecule has 0 aliphatic rings. The van der Waals surface area contributed by atoms with Crippen molar-refractivity contribution in [1.29, 1.82) is 0 Å². The third-order valence-corrected chi connectivity index (χ3v) is 4.12. The fourth-order valence-electron chi connectivity index (χ4n) is 1.78. The van der Waals surface area contributed by atoms with Gasteiger partial charge in [0, 0.05) is 5.75 Å². The molecule has 110 valence electrons. The van der Waals surface area contributed by atoms with Gasteiger partial charge < -0.3 is 12.4 Å². The van der Waals surface area contributed by atoms with Gasteiger partial charge in [0.05, 0.1) is 7.05 Å². The average Bonchev–Trinajstić information content (AvgIpc) is 2.53. The maximum Gasteiger partial charge on any atom is 0.309 e. The topological polar surface area (TPSA) is 29.0 Å². The van der Waals surface area contributed by atoms with Gasteiger partial charge >= 0.3 is 5.17 Å². The van der Waals surface area contributed by atoms with Crippen molar-refractivity contribution in [2.75, 3.05) is 7.05 Å². The molecular formula is C17H19ClN2S. The number of thioether (sulfide) groups is 1. The van der Waals surface area contributed by atoms with Crippen LogP contribution in [0.5, 0.6) is 0 Å². The molecule has 2 aromatic rings. The fourth-order valence-corrected chi connectivity index (χ4v) is 2.59. The molecule has 0 fully saturated rings. The number of rotatable bonds is 4. The lowest BCUT2D eigenvalue weighted by molar-refractivity contribution is -0.402. The number of halogens is 1. The third-order valence-electron chi connectivity index (χ3n) is 3.08. The highest BCUT2D eigenvalue weighted by atomic mass is 35.5. The van der Waals surface area contributed by atoms with Crippen LogP contribution < -0.4 is 18.1 Å². The lowest BCUT2D eigenvalue weighted by Gasteiger charge is -2.04. The minimum atomic E-state index is 0. The number of para-hydroxylation sites is 1. The molecule has 0 saturated carbocycles. The molecule has 0 aromatic heterocycles. The normalized spacial score (nSPS) is 11.3. The molecule has 0 unspecified atom stereocenters. The highest BCUT2D eigenvalue weighted by molar-refractivity contribution is 8.12. The number of nitrogens with two attached hydrogens (primary N) is 1. The van der Waals surface area contributed by atoms with Gasteiger partial charge in [-0.25, -0.2) is 4.58 Å². The van der Waals surface area contributed by atoms with Gasteiger partial charge in [0.2, 0.25) is 0 Å². The van der Waals surface area contributed by atoms with Crippen LogP contribution in [-0.4, -0.2) is 16.8 Å². The van der Waals surface area contributed by atoms with Gasteiger partial charge in [-0.3, -0.25) is 5.73 Å². The SMILES string of the molecule is C=Cc1ccc(CSC(N)=[N+](C)c2ccccc2)cc1.[Cl-]. The highest BCUT2D eigenvalue weighted by Gasteiger charge is 2.08. The summed E-state index contributed by atoms with van der Waals surface area (Å²) in [6, 6.07) is 18.5. The monoisotopic (exact) mass is 318 g/mol. The van der Waals surface area contributed by atoms with Crippen LogP contribution in [0.3, 0.4) is 0 Å². The van der Waals surface area contributed by atoms with E-state index in [1.807, 2.05) is 48.0 Å². The van der Waals surface area contributed by atoms with Gasteiger partial charge in [-0.1, -0.05) is 55.1 Å². The fraction of sp³-hybridized carbons (Fsp3) is 0.118. The van der Waals surface area contributed by atoms with Gasteiger partial charge in [0.25, 0.3) is 0 Å². The Bertz CT molecular complexity index is 606. The van der Waals surface area contributed by atoms with Crippen molar-refractivity contribution in [3.63, 3.8) is 0 Å². The molecule has 21 heavy (non-hydrogen) atoms. The zero-order chi connectivity index (χ0) is 14.4. The van der Waals surface area contributed by atoms with Crippen molar-refractivity contribution >= 4 is 28.7 Å². The van der Waals surface area contributed by atoms with Gasteiger partial charge in [-0.05, 0) is 35.0 Å². The molecule has 0 amide bonds. The molecule has 0 atom stereocenters. The standard InChI is InChI=1S/C17H18N2S.ClH/c1-3-14-9-11-15(12-10-14)13-20-17(18)19(2)16-7-5-4-6-8-16;/h3-12,18H,1,13H2,2H3;1H. The Morgan fingerprint density at radius 1 is 1.14 bits per heavy atom. The summed E-state index contributed by atoms with van der Waals surface area (Å²) in [5.41, 5.74) is 9.63. The first-order valence-electron chi connectivity index (χ1n) is 6.46. The third kappa shape index (κ3) is 4.96. The van der Waals surface area contributed by atoms with E-state index in [2.05, 4.69) is 30.8 Å². The lowest BCUT2D eigenvalue weighted by Crippen LogP contribution is -3.00. The van der Waals surface area contributed by atoms with E-state index < -0.39 is 0 Å². The number of hydrogen-bond donors (Lipinski definition) is 1. The van der Waals surface area contributed by atoms with Crippen LogP contribution in [0, 0.1) is 0 Å². The molecular weight excluding hydrogens is 300 g/mol. The zero-order valence-corrected chi connectivity index (χ0v) is 13.6. The average molecular weight is 319 g/mol. The Morgan fingerprint density at radius 3 is 2.33 bits per heavy atom. The van der Waals surface area contributed by atoms with E-state index in [-0.39, 0.29) is 12.4 Å². The summed E-state index contributed by atoms with van der Waals surface area (Å²) in [7, 11) is 1.98. The molecule has 0 aliphatic carbocycles. The molecule has 2 aromatic carbocycles. The van der Waals surface area contributed by atoms with Crippen LogP contribution in [0.4, 0.5) is 5.69 Å². The van der Waals surface area contributed by atoms with Gasteiger partial charge in [-0.15, -0.1) is 0 Å². The highest BCUT2D eigenvalue weighted by Crippen LogP contribution is 2.16. The van der Waals surface area contributed by atoms with Crippen molar-refractivity contribution in [1.82, 2.24) is 0 Å². The van der Waals surface area contributed by atoms with Crippen LogP contribution in [0.25, 0.3) is 6.08 Å². The van der Waals surface area contributed by atoms with Crippen LogP contribution in [0.1, 0.15) is 11.1 Å². The van der Waals surface area contributed by atoms with E-state index in [1.54, 1.807) is 11.8 Å². The van der Waals surface area contributed by atoms with Crippen molar-refractivity contribution in [3.05, 3.63) is 72.3 Å². The Kier molecular flexibility index (Phi) is 7.06. The molecule has 2 nitrogen and oxygen atoms in total. The van der Waals surface area contributed by atoms with E-state index in [0.717, 1.165) is 22.2 Å². The number of hydrogen-bond acceptors (Lipinski definition) is 1. The zero-order valence-electron chi connectivity index (χ0n) is 12.0. The summed E-state index contributed by atoms with van der Waals surface area (Å²) in [6.07, 6.45) is 1.85. The summed E-state index contributed by atoms with van der Waals surface area (Å²) in [6.45, 7) is 3.76. The number of nitrogens with zero attached hydrogens (tertiary/aromatic N) is 1. The first-order valence-corrected chi connectivity index (χ1v) is 7.44. The Hall–Kier alpha value is -1.71. The van der Waals surface area contributed by atoms with Crippen molar-refractivity contribution < 1.29 is 17.0 Å². The minimum absolute atomic E-state index is 0. The Morgan fingerprint density at radius 2 is 1.76 bits per heavy atom. The maximum atomic E-state index is 6.14. The number of benzene rings is 2. The minimum Gasteiger partial charge on any atom is -1.00 e.